The van der Waals surface area contributed by atoms with E-state index >= 15 is 0 Å². The van der Waals surface area contributed by atoms with Gasteiger partial charge in [-0.05, 0) is 54.0 Å². The third-order valence-electron chi connectivity index (χ3n) is 6.74. The zero-order chi connectivity index (χ0) is 22.8. The Bertz CT molecular complexity index is 1120. The van der Waals surface area contributed by atoms with E-state index in [0.29, 0.717) is 6.54 Å². The molecule has 170 valence electrons. The predicted molar refractivity (Wildman–Crippen MR) is 134 cm³/mol. The molecule has 6 heteroatoms. The summed E-state index contributed by atoms with van der Waals surface area (Å²) in [5.74, 6) is 0.107. The lowest BCUT2D eigenvalue weighted by Gasteiger charge is -2.38. The molecule has 2 amide bonds. The number of nitrogens with zero attached hydrogens (tertiary/aromatic N) is 3. The van der Waals surface area contributed by atoms with Crippen LogP contribution in [0.5, 0.6) is 0 Å². The molecular formula is C27H29N3O2S. The van der Waals surface area contributed by atoms with Crippen LogP contribution >= 0.6 is 11.3 Å². The van der Waals surface area contributed by atoms with Crippen molar-refractivity contribution in [3.63, 3.8) is 0 Å². The lowest BCUT2D eigenvalue weighted by Crippen LogP contribution is -2.47. The summed E-state index contributed by atoms with van der Waals surface area (Å²) in [6.45, 7) is 5.18. The lowest BCUT2D eigenvalue weighted by molar-refractivity contribution is -0.116. The Morgan fingerprint density at radius 3 is 2.48 bits per heavy atom. The maximum absolute atomic E-state index is 13.6. The van der Waals surface area contributed by atoms with Crippen molar-refractivity contribution in [1.82, 2.24) is 4.90 Å². The molecule has 3 aromatic rings. The molecule has 3 heterocycles. The standard InChI is InChI=1S/C27H29N3O2S/c1-20(31)29-16-11-22-9-10-24(18-25(22)29)30(27(32)26-8-5-17-33-26)23-12-14-28(15-13-23)19-21-6-3-2-4-7-21/h2-10,17-18,23H,11-16,19H2,1H3. The van der Waals surface area contributed by atoms with E-state index in [-0.39, 0.29) is 17.9 Å². The summed E-state index contributed by atoms with van der Waals surface area (Å²) in [7, 11) is 0. The van der Waals surface area contributed by atoms with E-state index in [1.807, 2.05) is 39.4 Å². The van der Waals surface area contributed by atoms with Crippen molar-refractivity contribution in [3.05, 3.63) is 82.0 Å². The van der Waals surface area contributed by atoms with Gasteiger partial charge < -0.3 is 9.80 Å². The maximum Gasteiger partial charge on any atom is 0.268 e. The highest BCUT2D eigenvalue weighted by molar-refractivity contribution is 7.12. The van der Waals surface area contributed by atoms with Gasteiger partial charge in [-0.1, -0.05) is 42.5 Å². The number of hydrogen-bond acceptors (Lipinski definition) is 4. The van der Waals surface area contributed by atoms with Crippen LogP contribution in [0.4, 0.5) is 11.4 Å². The average molecular weight is 460 g/mol. The molecule has 0 spiro atoms. The highest BCUT2D eigenvalue weighted by atomic mass is 32.1. The maximum atomic E-state index is 13.6. The summed E-state index contributed by atoms with van der Waals surface area (Å²) in [6, 6.07) is 20.7. The second-order valence-corrected chi connectivity index (χ2v) is 9.83. The Balaban J connectivity index is 1.39. The van der Waals surface area contributed by atoms with E-state index in [2.05, 4.69) is 41.3 Å². The van der Waals surface area contributed by atoms with Gasteiger partial charge in [0, 0.05) is 50.5 Å². The van der Waals surface area contributed by atoms with Crippen molar-refractivity contribution < 1.29 is 9.59 Å². The number of piperidine rings is 1. The van der Waals surface area contributed by atoms with E-state index < -0.39 is 0 Å². The Hall–Kier alpha value is -2.96. The minimum Gasteiger partial charge on any atom is -0.312 e. The van der Waals surface area contributed by atoms with Crippen LogP contribution in [0, 0.1) is 0 Å². The van der Waals surface area contributed by atoms with Crippen LogP contribution in [0.1, 0.15) is 40.6 Å². The van der Waals surface area contributed by atoms with Gasteiger partial charge in [0.2, 0.25) is 5.91 Å². The lowest BCUT2D eigenvalue weighted by atomic mass is 10.0. The smallest absolute Gasteiger partial charge is 0.268 e. The highest BCUT2D eigenvalue weighted by Crippen LogP contribution is 2.35. The van der Waals surface area contributed by atoms with E-state index in [4.69, 9.17) is 0 Å². The van der Waals surface area contributed by atoms with Gasteiger partial charge in [-0.15, -0.1) is 11.3 Å². The molecule has 0 N–H and O–H groups in total. The number of fused-ring (bicyclic) bond motifs is 1. The number of amides is 2. The summed E-state index contributed by atoms with van der Waals surface area (Å²) in [5.41, 5.74) is 4.34. The van der Waals surface area contributed by atoms with E-state index in [0.717, 1.165) is 55.1 Å². The van der Waals surface area contributed by atoms with E-state index in [9.17, 15) is 9.59 Å². The van der Waals surface area contributed by atoms with Gasteiger partial charge in [0.05, 0.1) is 4.88 Å². The van der Waals surface area contributed by atoms with E-state index in [1.165, 1.54) is 22.5 Å². The number of thiophene rings is 1. The summed E-state index contributed by atoms with van der Waals surface area (Å²) in [5, 5.41) is 1.95. The first-order valence-electron chi connectivity index (χ1n) is 11.6. The SMILES string of the molecule is CC(=O)N1CCc2ccc(N(C(=O)c3cccs3)C3CCN(Cc4ccccc4)CC3)cc21. The van der Waals surface area contributed by atoms with Crippen LogP contribution in [0.25, 0.3) is 0 Å². The van der Waals surface area contributed by atoms with Gasteiger partial charge in [0.15, 0.2) is 0 Å². The molecule has 5 nitrogen and oxygen atoms in total. The average Bonchev–Trinajstić information content (AvgIpc) is 3.51. The molecule has 2 aliphatic rings. The van der Waals surface area contributed by atoms with Crippen molar-refractivity contribution in [2.75, 3.05) is 29.4 Å². The Morgan fingerprint density at radius 1 is 1.00 bits per heavy atom. The van der Waals surface area contributed by atoms with Crippen molar-refractivity contribution in [1.29, 1.82) is 0 Å². The largest absolute Gasteiger partial charge is 0.312 e. The number of carbonyl (C=O) groups is 2. The Morgan fingerprint density at radius 2 is 1.79 bits per heavy atom. The quantitative estimate of drug-likeness (QED) is 0.541. The summed E-state index contributed by atoms with van der Waals surface area (Å²) < 4.78 is 0. The van der Waals surface area contributed by atoms with Gasteiger partial charge in [0.25, 0.3) is 5.91 Å². The number of anilines is 2. The van der Waals surface area contributed by atoms with Crippen LogP contribution in [-0.2, 0) is 17.8 Å². The Kier molecular flexibility index (Phi) is 6.29. The van der Waals surface area contributed by atoms with Crippen molar-refractivity contribution >= 4 is 34.5 Å². The predicted octanol–water partition coefficient (Wildman–Crippen LogP) is 4.97. The molecule has 0 atom stereocenters. The zero-order valence-corrected chi connectivity index (χ0v) is 19.8. The highest BCUT2D eigenvalue weighted by Gasteiger charge is 2.32. The second kappa shape index (κ2) is 9.49. The monoisotopic (exact) mass is 459 g/mol. The third kappa shape index (κ3) is 4.59. The molecular weight excluding hydrogens is 430 g/mol. The number of rotatable bonds is 5. The van der Waals surface area contributed by atoms with E-state index in [1.54, 1.807) is 6.92 Å². The number of benzene rings is 2. The normalized spacial score (nSPS) is 16.6. The topological polar surface area (TPSA) is 43.9 Å². The minimum absolute atomic E-state index is 0.0521. The third-order valence-corrected chi connectivity index (χ3v) is 7.60. The first-order valence-corrected chi connectivity index (χ1v) is 12.5. The van der Waals surface area contributed by atoms with Gasteiger partial charge in [-0.2, -0.15) is 0 Å². The van der Waals surface area contributed by atoms with Gasteiger partial charge >= 0.3 is 0 Å². The van der Waals surface area contributed by atoms with Crippen LogP contribution in [0.15, 0.2) is 66.0 Å². The number of likely N-dealkylation sites (tertiary alicyclic amines) is 1. The molecule has 0 radical (unpaired) electrons. The molecule has 0 aliphatic carbocycles. The van der Waals surface area contributed by atoms with Crippen molar-refractivity contribution in [2.45, 2.75) is 38.8 Å². The zero-order valence-electron chi connectivity index (χ0n) is 18.9. The number of hydrogen-bond donors (Lipinski definition) is 0. The van der Waals surface area contributed by atoms with Crippen LogP contribution in [0.2, 0.25) is 0 Å². The van der Waals surface area contributed by atoms with Crippen LogP contribution in [0.3, 0.4) is 0 Å². The van der Waals surface area contributed by atoms with Gasteiger partial charge in [0.1, 0.15) is 0 Å². The van der Waals surface area contributed by atoms with Gasteiger partial charge in [-0.25, -0.2) is 0 Å². The summed E-state index contributed by atoms with van der Waals surface area (Å²) in [6.07, 6.45) is 2.72. The van der Waals surface area contributed by atoms with Crippen molar-refractivity contribution in [2.24, 2.45) is 0 Å². The molecule has 1 fully saturated rings. The molecule has 0 bridgehead atoms. The Labute approximate surface area is 199 Å². The summed E-state index contributed by atoms with van der Waals surface area (Å²) >= 11 is 1.49. The van der Waals surface area contributed by atoms with Crippen molar-refractivity contribution in [3.8, 4) is 0 Å². The molecule has 0 saturated carbocycles. The first-order chi connectivity index (χ1) is 16.1. The molecule has 33 heavy (non-hydrogen) atoms. The molecule has 1 saturated heterocycles. The molecule has 2 aliphatic heterocycles. The minimum atomic E-state index is 0.0521. The molecule has 2 aromatic carbocycles. The fourth-order valence-electron chi connectivity index (χ4n) is 5.03. The summed E-state index contributed by atoms with van der Waals surface area (Å²) in [4.78, 5) is 32.8. The second-order valence-electron chi connectivity index (χ2n) is 8.88. The van der Waals surface area contributed by atoms with Gasteiger partial charge in [-0.3, -0.25) is 14.5 Å². The molecule has 1 aromatic heterocycles. The fraction of sp³-hybridized carbons (Fsp3) is 0.333. The fourth-order valence-corrected chi connectivity index (χ4v) is 5.69. The van der Waals surface area contributed by atoms with Crippen LogP contribution in [-0.4, -0.2) is 42.4 Å². The molecule has 5 rings (SSSR count). The molecule has 0 unspecified atom stereocenters. The number of carbonyl (C=O) groups excluding carboxylic acids is 2. The first kappa shape index (κ1) is 21.9. The van der Waals surface area contributed by atoms with Crippen LogP contribution < -0.4 is 9.80 Å².